The summed E-state index contributed by atoms with van der Waals surface area (Å²) in [4.78, 5) is 37.5. The largest absolute Gasteiger partial charge is 0.508 e. The smallest absolute Gasteiger partial charge is 0.326 e. The number of aromatic hydroxyl groups is 2. The van der Waals surface area contributed by atoms with E-state index in [0.717, 1.165) is 6.42 Å². The zero-order valence-electron chi connectivity index (χ0n) is 18.8. The molecule has 0 heterocycles. The number of aliphatic carboxylic acids is 1. The van der Waals surface area contributed by atoms with Crippen molar-refractivity contribution in [2.75, 3.05) is 6.54 Å². The van der Waals surface area contributed by atoms with Crippen LogP contribution in [0.15, 0.2) is 48.5 Å². The highest BCUT2D eigenvalue weighted by Gasteiger charge is 2.28. The van der Waals surface area contributed by atoms with Gasteiger partial charge in [-0.15, -0.1) is 0 Å². The molecule has 0 aliphatic carbocycles. The van der Waals surface area contributed by atoms with Crippen molar-refractivity contribution in [3.63, 3.8) is 0 Å². The summed E-state index contributed by atoms with van der Waals surface area (Å²) in [6.45, 7) is 0.484. The number of carbonyl (C=O) groups is 3. The molecule has 0 saturated heterocycles. The molecule has 184 valence electrons. The summed E-state index contributed by atoms with van der Waals surface area (Å²) < 4.78 is 0. The third-order valence-corrected chi connectivity index (χ3v) is 5.31. The minimum Gasteiger partial charge on any atom is -0.508 e. The lowest BCUT2D eigenvalue weighted by atomic mass is 10.0. The van der Waals surface area contributed by atoms with E-state index in [2.05, 4.69) is 10.6 Å². The molecule has 2 aromatic rings. The van der Waals surface area contributed by atoms with Crippen molar-refractivity contribution in [3.8, 4) is 11.5 Å². The van der Waals surface area contributed by atoms with E-state index in [0.29, 0.717) is 30.5 Å². The van der Waals surface area contributed by atoms with E-state index in [1.807, 2.05) is 0 Å². The fraction of sp³-hybridized carbons (Fsp3) is 0.375. The molecule has 0 aromatic heterocycles. The molecule has 2 aromatic carbocycles. The predicted octanol–water partition coefficient (Wildman–Crippen LogP) is 0.394. The number of hydrogen-bond acceptors (Lipinski definition) is 7. The summed E-state index contributed by atoms with van der Waals surface area (Å²) in [6.07, 6.45) is 1.83. The molecule has 3 atom stereocenters. The van der Waals surface area contributed by atoms with Crippen LogP contribution in [0.3, 0.4) is 0 Å². The van der Waals surface area contributed by atoms with Crippen LogP contribution in [0, 0.1) is 0 Å². The molecule has 9 N–H and O–H groups in total. The lowest BCUT2D eigenvalue weighted by Crippen LogP contribution is -2.55. The van der Waals surface area contributed by atoms with Crippen molar-refractivity contribution >= 4 is 17.8 Å². The fourth-order valence-electron chi connectivity index (χ4n) is 3.34. The standard InChI is InChI=1S/C24H32N4O6/c25-12-2-1-3-19(26)22(31)27-20(13-15-4-8-17(29)9-5-15)23(32)28-21(24(33)34)14-16-6-10-18(30)11-7-16/h4-11,19-21,29-30H,1-3,12-14,25-26H2,(H,27,31)(H,28,32)(H,33,34). The Hall–Kier alpha value is -3.63. The van der Waals surface area contributed by atoms with Gasteiger partial charge in [0.1, 0.15) is 23.6 Å². The second-order valence-electron chi connectivity index (χ2n) is 8.09. The second kappa shape index (κ2) is 13.2. The topological polar surface area (TPSA) is 188 Å². The number of amides is 2. The van der Waals surface area contributed by atoms with Gasteiger partial charge < -0.3 is 37.4 Å². The molecule has 34 heavy (non-hydrogen) atoms. The zero-order chi connectivity index (χ0) is 25.1. The maximum atomic E-state index is 13.1. The number of rotatable bonds is 13. The first-order chi connectivity index (χ1) is 16.2. The molecule has 10 nitrogen and oxygen atoms in total. The lowest BCUT2D eigenvalue weighted by molar-refractivity contribution is -0.142. The normalized spacial score (nSPS) is 13.5. The summed E-state index contributed by atoms with van der Waals surface area (Å²) in [5.74, 6) is -2.35. The van der Waals surface area contributed by atoms with Crippen molar-refractivity contribution in [1.82, 2.24) is 10.6 Å². The lowest BCUT2D eigenvalue weighted by Gasteiger charge is -2.23. The highest BCUT2D eigenvalue weighted by atomic mass is 16.4. The van der Waals surface area contributed by atoms with Crippen LogP contribution >= 0.6 is 0 Å². The molecule has 0 fully saturated rings. The number of nitrogens with two attached hydrogens (primary N) is 2. The van der Waals surface area contributed by atoms with E-state index < -0.39 is 35.9 Å². The van der Waals surface area contributed by atoms with Gasteiger partial charge in [-0.1, -0.05) is 30.7 Å². The van der Waals surface area contributed by atoms with Gasteiger partial charge in [-0.2, -0.15) is 0 Å². The summed E-state index contributed by atoms with van der Waals surface area (Å²) >= 11 is 0. The average molecular weight is 473 g/mol. The van der Waals surface area contributed by atoms with Gasteiger partial charge in [-0.25, -0.2) is 4.79 Å². The Morgan fingerprint density at radius 3 is 1.71 bits per heavy atom. The van der Waals surface area contributed by atoms with Crippen molar-refractivity contribution in [2.45, 2.75) is 50.2 Å². The highest BCUT2D eigenvalue weighted by Crippen LogP contribution is 2.14. The minimum atomic E-state index is -1.26. The van der Waals surface area contributed by atoms with E-state index in [1.54, 1.807) is 24.3 Å². The number of carbonyl (C=O) groups excluding carboxylic acids is 2. The first-order valence-corrected chi connectivity index (χ1v) is 11.0. The van der Waals surface area contributed by atoms with Gasteiger partial charge in [0.05, 0.1) is 6.04 Å². The van der Waals surface area contributed by atoms with E-state index in [-0.39, 0.29) is 24.3 Å². The van der Waals surface area contributed by atoms with Crippen LogP contribution in [0.5, 0.6) is 11.5 Å². The van der Waals surface area contributed by atoms with Gasteiger partial charge in [-0.05, 0) is 54.8 Å². The number of carboxylic acids is 1. The Kier molecular flexibility index (Phi) is 10.3. The number of benzene rings is 2. The summed E-state index contributed by atoms with van der Waals surface area (Å²) in [5, 5.41) is 33.6. The molecule has 10 heteroatoms. The van der Waals surface area contributed by atoms with Crippen molar-refractivity contribution in [1.29, 1.82) is 0 Å². The van der Waals surface area contributed by atoms with Gasteiger partial charge in [0.2, 0.25) is 11.8 Å². The number of phenolic OH excluding ortho intramolecular Hbond substituents is 2. The fourth-order valence-corrected chi connectivity index (χ4v) is 3.34. The Labute approximate surface area is 198 Å². The van der Waals surface area contributed by atoms with Crippen molar-refractivity contribution in [2.24, 2.45) is 11.5 Å². The number of unbranched alkanes of at least 4 members (excludes halogenated alkanes) is 1. The Morgan fingerprint density at radius 2 is 1.24 bits per heavy atom. The first kappa shape index (κ1) is 26.6. The maximum Gasteiger partial charge on any atom is 0.326 e. The molecule has 0 aliphatic heterocycles. The van der Waals surface area contributed by atoms with Gasteiger partial charge in [0, 0.05) is 12.8 Å². The summed E-state index contributed by atoms with van der Waals surface area (Å²) in [6, 6.07) is 8.92. The molecular formula is C24H32N4O6. The highest BCUT2D eigenvalue weighted by molar-refractivity contribution is 5.92. The van der Waals surface area contributed by atoms with Crippen molar-refractivity contribution < 1.29 is 29.7 Å². The second-order valence-corrected chi connectivity index (χ2v) is 8.09. The van der Waals surface area contributed by atoms with E-state index in [1.165, 1.54) is 24.3 Å². The summed E-state index contributed by atoms with van der Waals surface area (Å²) in [7, 11) is 0. The molecule has 2 amide bonds. The minimum absolute atomic E-state index is 0.0141. The molecule has 0 radical (unpaired) electrons. The van der Waals surface area contributed by atoms with Crippen molar-refractivity contribution in [3.05, 3.63) is 59.7 Å². The van der Waals surface area contributed by atoms with Crippen LogP contribution in [0.25, 0.3) is 0 Å². The molecular weight excluding hydrogens is 440 g/mol. The van der Waals surface area contributed by atoms with Gasteiger partial charge in [0.25, 0.3) is 0 Å². The van der Waals surface area contributed by atoms with E-state index in [9.17, 15) is 29.7 Å². The third kappa shape index (κ3) is 8.72. The number of hydrogen-bond donors (Lipinski definition) is 7. The zero-order valence-corrected chi connectivity index (χ0v) is 18.8. The summed E-state index contributed by atoms with van der Waals surface area (Å²) in [5.41, 5.74) is 12.7. The van der Waals surface area contributed by atoms with Gasteiger partial charge in [-0.3, -0.25) is 9.59 Å². The quantitative estimate of drug-likeness (QED) is 0.204. The maximum absolute atomic E-state index is 13.1. The Bertz CT molecular complexity index is 949. The number of phenols is 2. The molecule has 2 rings (SSSR count). The Morgan fingerprint density at radius 1 is 0.765 bits per heavy atom. The molecule has 3 unspecified atom stereocenters. The van der Waals surface area contributed by atoms with Crippen LogP contribution in [0.4, 0.5) is 0 Å². The van der Waals surface area contributed by atoms with Crippen LogP contribution in [0.2, 0.25) is 0 Å². The van der Waals surface area contributed by atoms with Crippen LogP contribution in [0.1, 0.15) is 30.4 Å². The number of nitrogens with one attached hydrogen (secondary N) is 2. The van der Waals surface area contributed by atoms with Gasteiger partial charge in [0.15, 0.2) is 0 Å². The van der Waals surface area contributed by atoms with E-state index >= 15 is 0 Å². The third-order valence-electron chi connectivity index (χ3n) is 5.31. The van der Waals surface area contributed by atoms with Crippen LogP contribution < -0.4 is 22.1 Å². The molecule has 0 bridgehead atoms. The monoisotopic (exact) mass is 472 g/mol. The first-order valence-electron chi connectivity index (χ1n) is 11.0. The molecule has 0 aliphatic rings. The molecule has 0 spiro atoms. The van der Waals surface area contributed by atoms with Crippen LogP contribution in [-0.2, 0) is 27.2 Å². The Balaban J connectivity index is 2.14. The predicted molar refractivity (Wildman–Crippen MR) is 126 cm³/mol. The van der Waals surface area contributed by atoms with E-state index in [4.69, 9.17) is 11.5 Å². The molecule has 0 saturated carbocycles. The SMILES string of the molecule is NCCCCC(N)C(=O)NC(Cc1ccc(O)cc1)C(=O)NC(Cc1ccc(O)cc1)C(=O)O. The van der Waals surface area contributed by atoms with Gasteiger partial charge >= 0.3 is 5.97 Å². The van der Waals surface area contributed by atoms with Crippen LogP contribution in [-0.4, -0.2) is 57.8 Å². The average Bonchev–Trinajstić information content (AvgIpc) is 2.80. The number of carboxylic acid groups (broad SMARTS) is 1.